The third-order valence-electron chi connectivity index (χ3n) is 2.76. The van der Waals surface area contributed by atoms with Gasteiger partial charge in [-0.05, 0) is 46.5 Å². The quantitative estimate of drug-likeness (QED) is 0.911. The van der Waals surface area contributed by atoms with E-state index >= 15 is 0 Å². The minimum absolute atomic E-state index is 0.117. The molecule has 0 aliphatic heterocycles. The summed E-state index contributed by atoms with van der Waals surface area (Å²) in [5.74, 6) is 0.917. The highest BCUT2D eigenvalue weighted by atomic mass is 79.9. The van der Waals surface area contributed by atoms with Crippen LogP contribution in [0.2, 0.25) is 0 Å². The Balaban J connectivity index is 2.00. The van der Waals surface area contributed by atoms with E-state index in [4.69, 9.17) is 10.5 Å². The summed E-state index contributed by atoms with van der Waals surface area (Å²) in [6.07, 6.45) is 1.73. The van der Waals surface area contributed by atoms with Crippen LogP contribution in [0.1, 0.15) is 10.4 Å². The van der Waals surface area contributed by atoms with Crippen LogP contribution in [0.25, 0.3) is 0 Å². The normalized spacial score (nSPS) is 12.4. The highest BCUT2D eigenvalue weighted by Crippen LogP contribution is 2.23. The van der Waals surface area contributed by atoms with Crippen molar-refractivity contribution >= 4 is 27.3 Å². The molecular weight excluding hydrogens is 310 g/mol. The maximum Gasteiger partial charge on any atom is 0.122 e. The SMILES string of the molecule is COc1ccccc1CC(N)Cc1cc(Br)cs1. The zero-order valence-electron chi connectivity index (χ0n) is 10.2. The second-order valence-corrected chi connectivity index (χ2v) is 6.12. The standard InChI is InChI=1S/C14H16BrNOS/c1-17-14-5-3-2-4-10(14)6-12(16)8-13-7-11(15)9-18-13/h2-5,7,9,12H,6,8,16H2,1H3. The third-order valence-corrected chi connectivity index (χ3v) is 4.48. The number of thiophene rings is 1. The molecule has 2 aromatic rings. The van der Waals surface area contributed by atoms with E-state index < -0.39 is 0 Å². The van der Waals surface area contributed by atoms with Crippen LogP contribution in [0, 0.1) is 0 Å². The Morgan fingerprint density at radius 2 is 2.11 bits per heavy atom. The molecule has 0 fully saturated rings. The van der Waals surface area contributed by atoms with Crippen LogP contribution in [-0.2, 0) is 12.8 Å². The van der Waals surface area contributed by atoms with Crippen LogP contribution >= 0.6 is 27.3 Å². The van der Waals surface area contributed by atoms with Crippen molar-refractivity contribution in [1.82, 2.24) is 0 Å². The summed E-state index contributed by atoms with van der Waals surface area (Å²) < 4.78 is 6.47. The maximum atomic E-state index is 6.21. The Bertz CT molecular complexity index is 512. The summed E-state index contributed by atoms with van der Waals surface area (Å²) in [5.41, 5.74) is 7.38. The number of benzene rings is 1. The van der Waals surface area contributed by atoms with Crippen molar-refractivity contribution in [3.63, 3.8) is 0 Å². The first kappa shape index (κ1) is 13.6. The molecule has 0 amide bonds. The van der Waals surface area contributed by atoms with E-state index in [1.807, 2.05) is 18.2 Å². The zero-order chi connectivity index (χ0) is 13.0. The summed E-state index contributed by atoms with van der Waals surface area (Å²) in [7, 11) is 1.70. The first-order chi connectivity index (χ1) is 8.69. The fraction of sp³-hybridized carbons (Fsp3) is 0.286. The zero-order valence-corrected chi connectivity index (χ0v) is 12.6. The lowest BCUT2D eigenvalue weighted by molar-refractivity contribution is 0.408. The fourth-order valence-electron chi connectivity index (χ4n) is 1.95. The average Bonchev–Trinajstić information content (AvgIpc) is 2.75. The van der Waals surface area contributed by atoms with Gasteiger partial charge in [0, 0.05) is 20.8 Å². The number of hydrogen-bond donors (Lipinski definition) is 1. The van der Waals surface area contributed by atoms with E-state index in [2.05, 4.69) is 33.4 Å². The Hall–Kier alpha value is -0.840. The highest BCUT2D eigenvalue weighted by Gasteiger charge is 2.10. The van der Waals surface area contributed by atoms with Crippen molar-refractivity contribution in [2.45, 2.75) is 18.9 Å². The molecule has 1 aromatic carbocycles. The summed E-state index contributed by atoms with van der Waals surface area (Å²) in [6.45, 7) is 0. The van der Waals surface area contributed by atoms with E-state index in [9.17, 15) is 0 Å². The van der Waals surface area contributed by atoms with Gasteiger partial charge in [0.15, 0.2) is 0 Å². The van der Waals surface area contributed by atoms with Gasteiger partial charge in [0.1, 0.15) is 5.75 Å². The van der Waals surface area contributed by atoms with E-state index in [1.165, 1.54) is 10.4 Å². The summed E-state index contributed by atoms with van der Waals surface area (Å²) in [6, 6.07) is 10.3. The van der Waals surface area contributed by atoms with Crippen molar-refractivity contribution in [2.24, 2.45) is 5.73 Å². The molecule has 2 nitrogen and oxygen atoms in total. The van der Waals surface area contributed by atoms with E-state index in [-0.39, 0.29) is 6.04 Å². The smallest absolute Gasteiger partial charge is 0.122 e. The van der Waals surface area contributed by atoms with Crippen molar-refractivity contribution in [2.75, 3.05) is 7.11 Å². The predicted molar refractivity (Wildman–Crippen MR) is 80.4 cm³/mol. The molecule has 1 unspecified atom stereocenters. The summed E-state index contributed by atoms with van der Waals surface area (Å²) in [5, 5.41) is 2.09. The molecule has 0 spiro atoms. The fourth-order valence-corrected chi connectivity index (χ4v) is 3.49. The van der Waals surface area contributed by atoms with Gasteiger partial charge in [-0.2, -0.15) is 0 Å². The van der Waals surface area contributed by atoms with Crippen LogP contribution in [0.5, 0.6) is 5.75 Å². The number of nitrogens with two attached hydrogens (primary N) is 1. The molecule has 0 aliphatic rings. The molecule has 1 atom stereocenters. The molecule has 0 radical (unpaired) electrons. The van der Waals surface area contributed by atoms with Gasteiger partial charge in [0.05, 0.1) is 7.11 Å². The lowest BCUT2D eigenvalue weighted by Gasteiger charge is -2.13. The van der Waals surface area contributed by atoms with Crippen LogP contribution in [-0.4, -0.2) is 13.2 Å². The Labute approximate surface area is 120 Å². The predicted octanol–water partition coefficient (Wildman–Crippen LogP) is 3.63. The molecule has 1 aromatic heterocycles. The van der Waals surface area contributed by atoms with E-state index in [0.717, 1.165) is 23.1 Å². The Kier molecular flexibility index (Phi) is 4.80. The second-order valence-electron chi connectivity index (χ2n) is 4.21. The van der Waals surface area contributed by atoms with Gasteiger partial charge >= 0.3 is 0 Å². The summed E-state index contributed by atoms with van der Waals surface area (Å²) >= 11 is 5.20. The van der Waals surface area contributed by atoms with Crippen LogP contribution in [0.4, 0.5) is 0 Å². The molecule has 4 heteroatoms. The molecule has 2 N–H and O–H groups in total. The van der Waals surface area contributed by atoms with Crippen LogP contribution in [0.15, 0.2) is 40.2 Å². The van der Waals surface area contributed by atoms with Crippen molar-refractivity contribution < 1.29 is 4.74 Å². The van der Waals surface area contributed by atoms with Crippen molar-refractivity contribution in [3.8, 4) is 5.75 Å². The number of hydrogen-bond acceptors (Lipinski definition) is 3. The van der Waals surface area contributed by atoms with Gasteiger partial charge < -0.3 is 10.5 Å². The lowest BCUT2D eigenvalue weighted by atomic mass is 10.0. The lowest BCUT2D eigenvalue weighted by Crippen LogP contribution is -2.25. The number of para-hydroxylation sites is 1. The minimum Gasteiger partial charge on any atom is -0.496 e. The largest absolute Gasteiger partial charge is 0.496 e. The van der Waals surface area contributed by atoms with Gasteiger partial charge in [-0.3, -0.25) is 0 Å². The van der Waals surface area contributed by atoms with Crippen molar-refractivity contribution in [1.29, 1.82) is 0 Å². The van der Waals surface area contributed by atoms with Gasteiger partial charge in [-0.25, -0.2) is 0 Å². The first-order valence-electron chi connectivity index (χ1n) is 5.79. The van der Waals surface area contributed by atoms with Crippen molar-refractivity contribution in [3.05, 3.63) is 50.6 Å². The third kappa shape index (κ3) is 3.57. The highest BCUT2D eigenvalue weighted by molar-refractivity contribution is 9.10. The molecule has 96 valence electrons. The average molecular weight is 326 g/mol. The van der Waals surface area contributed by atoms with Gasteiger partial charge in [0.2, 0.25) is 0 Å². The number of ether oxygens (including phenoxy) is 1. The maximum absolute atomic E-state index is 6.21. The molecule has 0 saturated heterocycles. The van der Waals surface area contributed by atoms with E-state index in [1.54, 1.807) is 18.4 Å². The topological polar surface area (TPSA) is 35.2 Å². The molecule has 0 bridgehead atoms. The first-order valence-corrected chi connectivity index (χ1v) is 7.46. The summed E-state index contributed by atoms with van der Waals surface area (Å²) in [4.78, 5) is 1.31. The van der Waals surface area contributed by atoms with Gasteiger partial charge in [-0.1, -0.05) is 18.2 Å². The molecule has 1 heterocycles. The number of halogens is 1. The molecule has 0 aliphatic carbocycles. The Morgan fingerprint density at radius 3 is 2.78 bits per heavy atom. The monoisotopic (exact) mass is 325 g/mol. The second kappa shape index (κ2) is 6.36. The minimum atomic E-state index is 0.117. The molecular formula is C14H16BrNOS. The molecule has 0 saturated carbocycles. The van der Waals surface area contributed by atoms with Crippen LogP contribution in [0.3, 0.4) is 0 Å². The van der Waals surface area contributed by atoms with Gasteiger partial charge in [0.25, 0.3) is 0 Å². The molecule has 2 rings (SSSR count). The van der Waals surface area contributed by atoms with Gasteiger partial charge in [-0.15, -0.1) is 11.3 Å². The van der Waals surface area contributed by atoms with Crippen LogP contribution < -0.4 is 10.5 Å². The number of rotatable bonds is 5. The van der Waals surface area contributed by atoms with E-state index in [0.29, 0.717) is 0 Å². The number of methoxy groups -OCH3 is 1. The molecule has 18 heavy (non-hydrogen) atoms. The Morgan fingerprint density at radius 1 is 1.33 bits per heavy atom.